The van der Waals surface area contributed by atoms with E-state index >= 15 is 0 Å². The third-order valence-electron chi connectivity index (χ3n) is 10.7. The van der Waals surface area contributed by atoms with Gasteiger partial charge in [0.1, 0.15) is 6.04 Å². The molecule has 2 aliphatic heterocycles. The molecule has 3 aromatic rings. The van der Waals surface area contributed by atoms with Gasteiger partial charge in [0.25, 0.3) is 5.91 Å². The molecule has 1 unspecified atom stereocenters. The minimum Gasteiger partial charge on any atom is -0.378 e. The van der Waals surface area contributed by atoms with E-state index in [1.165, 1.54) is 29.9 Å². The van der Waals surface area contributed by atoms with E-state index in [0.29, 0.717) is 93.6 Å². The molecule has 0 spiro atoms. The van der Waals surface area contributed by atoms with Gasteiger partial charge < -0.3 is 35.1 Å². The normalized spacial score (nSPS) is 21.3. The molecule has 3 fully saturated rings. The largest absolute Gasteiger partial charge is 0.378 e. The monoisotopic (exact) mass is 797 g/mol. The number of halogens is 1. The van der Waals surface area contributed by atoms with E-state index in [4.69, 9.17) is 30.8 Å². The summed E-state index contributed by atoms with van der Waals surface area (Å²) in [6.45, 7) is 5.82. The van der Waals surface area contributed by atoms with Crippen molar-refractivity contribution in [2.75, 3.05) is 58.0 Å². The summed E-state index contributed by atoms with van der Waals surface area (Å²) in [6, 6.07) is 2.24. The van der Waals surface area contributed by atoms with Gasteiger partial charge in [-0.15, -0.1) is 11.3 Å². The van der Waals surface area contributed by atoms with Crippen LogP contribution in [0.5, 0.6) is 0 Å². The van der Waals surface area contributed by atoms with Gasteiger partial charge in [-0.2, -0.15) is 5.10 Å². The number of fused-ring (bicyclic) bond motifs is 1. The number of imide groups is 1. The van der Waals surface area contributed by atoms with Crippen LogP contribution in [0.2, 0.25) is 5.02 Å². The molecule has 2 aliphatic carbocycles. The number of amides is 3. The number of nitrogens with zero attached hydrogens (tertiary/aromatic N) is 5. The first-order valence-corrected chi connectivity index (χ1v) is 20.8. The van der Waals surface area contributed by atoms with E-state index in [1.54, 1.807) is 11.1 Å². The Morgan fingerprint density at radius 1 is 0.927 bits per heavy atom. The van der Waals surface area contributed by atoms with Crippen molar-refractivity contribution >= 4 is 46.6 Å². The molecule has 5 heterocycles. The van der Waals surface area contributed by atoms with Gasteiger partial charge in [0.05, 0.1) is 67.6 Å². The zero-order valence-corrected chi connectivity index (χ0v) is 33.0. The number of rotatable bonds is 21. The molecule has 298 valence electrons. The summed E-state index contributed by atoms with van der Waals surface area (Å²) in [5, 5.41) is 17.9. The summed E-state index contributed by atoms with van der Waals surface area (Å²) in [7, 11) is 1.99. The number of anilines is 1. The third kappa shape index (κ3) is 10.7. The number of ether oxygens (including phenoxy) is 3. The minimum atomic E-state index is -0.578. The molecule has 7 rings (SSSR count). The summed E-state index contributed by atoms with van der Waals surface area (Å²) < 4.78 is 19.0. The molecule has 0 aromatic carbocycles. The number of piperidine rings is 1. The Labute approximate surface area is 330 Å². The number of aryl methyl sites for hydroxylation is 1. The van der Waals surface area contributed by atoms with Crippen LogP contribution in [0.3, 0.4) is 0 Å². The summed E-state index contributed by atoms with van der Waals surface area (Å²) in [6.07, 6.45) is 12.0. The molecule has 3 amide bonds. The third-order valence-corrected chi connectivity index (χ3v) is 12.1. The quantitative estimate of drug-likeness (QED) is 0.0915. The Balaban J connectivity index is 0.674. The summed E-state index contributed by atoms with van der Waals surface area (Å²) >= 11 is 8.01. The standard InChI is InChI=1S/C38H52ClN9O6S/c1-47-32(18-24-2-3-24)29(21-43-47)34-30(39)22-42-38(46-34)44-27-6-4-26(5-7-27)41-11-13-53-15-17-54-16-14-52-12-10-40-20-28-19-25-23-48(37(51)35(25)55-28)31-8-9-33(49)45-36(31)50/h19,21-22,24,26-27,31,40-41H,2-18,20,23H2,1H3,(H,42,44,46)(H,45,49,50)/t26-,27-,31?. The smallest absolute Gasteiger partial charge is 0.265 e. The van der Waals surface area contributed by atoms with Gasteiger partial charge in [0.15, 0.2) is 0 Å². The first-order chi connectivity index (χ1) is 26.8. The SMILES string of the molecule is Cn1ncc(-c2nc(N[C@H]3CC[C@H](NCCOCCOCCOCCNCc4cc5c(s4)C(=O)N(C4CCC(=O)NC4=O)C5)CC3)ncc2Cl)c1CC1CC1. The van der Waals surface area contributed by atoms with Crippen molar-refractivity contribution in [1.82, 2.24) is 40.6 Å². The molecule has 55 heavy (non-hydrogen) atoms. The number of hydrogen-bond acceptors (Lipinski definition) is 13. The number of thiophene rings is 1. The van der Waals surface area contributed by atoms with Crippen LogP contribution in [0.4, 0.5) is 5.95 Å². The van der Waals surface area contributed by atoms with Crippen LogP contribution in [-0.4, -0.2) is 113 Å². The molecule has 0 radical (unpaired) electrons. The highest BCUT2D eigenvalue weighted by molar-refractivity contribution is 7.14. The van der Waals surface area contributed by atoms with E-state index in [2.05, 4.69) is 31.3 Å². The van der Waals surface area contributed by atoms with Crippen LogP contribution in [0.25, 0.3) is 11.3 Å². The highest BCUT2D eigenvalue weighted by Crippen LogP contribution is 2.37. The second kappa shape index (κ2) is 19.1. The fraction of sp³-hybridized carbons (Fsp3) is 0.632. The molecule has 17 heteroatoms. The molecule has 1 atom stereocenters. The average molecular weight is 798 g/mol. The number of nitrogens with one attached hydrogen (secondary N) is 4. The Bertz CT molecular complexity index is 1790. The Kier molecular flexibility index (Phi) is 13.8. The van der Waals surface area contributed by atoms with Crippen LogP contribution in [0.1, 0.15) is 77.2 Å². The van der Waals surface area contributed by atoms with Gasteiger partial charge in [-0.3, -0.25) is 24.4 Å². The maximum atomic E-state index is 12.9. The van der Waals surface area contributed by atoms with Gasteiger partial charge in [0, 0.05) is 67.9 Å². The Hall–Kier alpha value is -3.51. The summed E-state index contributed by atoms with van der Waals surface area (Å²) in [4.78, 5) is 49.2. The highest BCUT2D eigenvalue weighted by atomic mass is 35.5. The van der Waals surface area contributed by atoms with E-state index in [1.807, 2.05) is 24.0 Å². The van der Waals surface area contributed by atoms with Crippen LogP contribution in [-0.2, 0) is 50.4 Å². The van der Waals surface area contributed by atoms with Crippen LogP contribution in [0.15, 0.2) is 18.5 Å². The lowest BCUT2D eigenvalue weighted by atomic mass is 9.91. The van der Waals surface area contributed by atoms with Crippen molar-refractivity contribution in [3.05, 3.63) is 44.5 Å². The first kappa shape index (κ1) is 39.7. The maximum absolute atomic E-state index is 12.9. The van der Waals surface area contributed by atoms with E-state index in [-0.39, 0.29) is 24.1 Å². The lowest BCUT2D eigenvalue weighted by molar-refractivity contribution is -0.136. The second-order valence-corrected chi connectivity index (χ2v) is 16.3. The van der Waals surface area contributed by atoms with Crippen molar-refractivity contribution in [3.63, 3.8) is 0 Å². The first-order valence-electron chi connectivity index (χ1n) is 19.6. The van der Waals surface area contributed by atoms with Crippen molar-refractivity contribution in [3.8, 4) is 11.3 Å². The van der Waals surface area contributed by atoms with Crippen LogP contribution < -0.4 is 21.3 Å². The zero-order chi connectivity index (χ0) is 38.1. The fourth-order valence-electron chi connectivity index (χ4n) is 7.47. The molecule has 15 nitrogen and oxygen atoms in total. The van der Waals surface area contributed by atoms with Crippen molar-refractivity contribution in [1.29, 1.82) is 0 Å². The number of carbonyl (C=O) groups excluding carboxylic acids is 3. The van der Waals surface area contributed by atoms with Gasteiger partial charge >= 0.3 is 0 Å². The van der Waals surface area contributed by atoms with Gasteiger partial charge in [-0.05, 0) is 68.9 Å². The number of hydrogen-bond donors (Lipinski definition) is 4. The lowest BCUT2D eigenvalue weighted by Gasteiger charge is -2.29. The number of aromatic nitrogens is 4. The predicted octanol–water partition coefficient (Wildman–Crippen LogP) is 3.46. The van der Waals surface area contributed by atoms with Crippen LogP contribution in [0, 0.1) is 5.92 Å². The van der Waals surface area contributed by atoms with Gasteiger partial charge in [-0.25, -0.2) is 9.97 Å². The molecule has 1 saturated heterocycles. The topological polar surface area (TPSA) is 174 Å². The Morgan fingerprint density at radius 2 is 1.65 bits per heavy atom. The maximum Gasteiger partial charge on any atom is 0.265 e. The van der Waals surface area contributed by atoms with Gasteiger partial charge in [0.2, 0.25) is 17.8 Å². The van der Waals surface area contributed by atoms with E-state index < -0.39 is 6.04 Å². The molecular weight excluding hydrogens is 746 g/mol. The zero-order valence-electron chi connectivity index (χ0n) is 31.4. The minimum absolute atomic E-state index is 0.131. The molecule has 4 aliphatic rings. The Morgan fingerprint density at radius 3 is 2.38 bits per heavy atom. The molecule has 2 saturated carbocycles. The molecule has 3 aromatic heterocycles. The van der Waals surface area contributed by atoms with Crippen molar-refractivity contribution < 1.29 is 28.6 Å². The van der Waals surface area contributed by atoms with Crippen molar-refractivity contribution in [2.24, 2.45) is 13.0 Å². The van der Waals surface area contributed by atoms with E-state index in [9.17, 15) is 14.4 Å². The lowest BCUT2D eigenvalue weighted by Crippen LogP contribution is -2.52. The predicted molar refractivity (Wildman–Crippen MR) is 208 cm³/mol. The van der Waals surface area contributed by atoms with E-state index in [0.717, 1.165) is 66.3 Å². The fourth-order valence-corrected chi connectivity index (χ4v) is 8.76. The molecular formula is C38H52ClN9O6S. The second-order valence-electron chi connectivity index (χ2n) is 14.8. The van der Waals surface area contributed by atoms with Crippen molar-refractivity contribution in [2.45, 2.75) is 89.0 Å². The van der Waals surface area contributed by atoms with Crippen LogP contribution >= 0.6 is 22.9 Å². The summed E-state index contributed by atoms with van der Waals surface area (Å²) in [5.74, 6) is 0.562. The number of carbonyl (C=O) groups is 3. The highest BCUT2D eigenvalue weighted by Gasteiger charge is 2.40. The molecule has 4 N–H and O–H groups in total. The average Bonchev–Trinajstić information content (AvgIpc) is 3.69. The summed E-state index contributed by atoms with van der Waals surface area (Å²) in [5.41, 5.74) is 3.88. The van der Waals surface area contributed by atoms with Gasteiger partial charge in [-0.1, -0.05) is 11.6 Å². The molecule has 0 bridgehead atoms.